The molecule has 0 saturated heterocycles. The molecule has 0 radical (unpaired) electrons. The van der Waals surface area contributed by atoms with Crippen molar-refractivity contribution in [2.24, 2.45) is 0 Å². The maximum atomic E-state index is 12.0. The fourth-order valence-electron chi connectivity index (χ4n) is 2.39. The minimum atomic E-state index is -1.38. The van der Waals surface area contributed by atoms with E-state index in [9.17, 15) is 19.8 Å². The standard InChI is InChI=1S/C20H22O4/c1-13(21)18(22)16-8-4-14(5-9-16)12-15-6-10-17(11-7-15)19(23)20(2,3)24/h4-11,13,21,24H,12H2,1-3H3. The molecule has 2 rings (SSSR count). The molecule has 0 saturated carbocycles. The molecule has 0 amide bonds. The van der Waals surface area contributed by atoms with Crippen LogP contribution in [0.5, 0.6) is 0 Å². The molecular weight excluding hydrogens is 304 g/mol. The van der Waals surface area contributed by atoms with Crippen molar-refractivity contribution in [2.45, 2.75) is 38.9 Å². The van der Waals surface area contributed by atoms with Gasteiger partial charge in [-0.3, -0.25) is 9.59 Å². The van der Waals surface area contributed by atoms with E-state index in [0.717, 1.165) is 11.1 Å². The van der Waals surface area contributed by atoms with E-state index in [-0.39, 0.29) is 11.6 Å². The zero-order valence-corrected chi connectivity index (χ0v) is 14.1. The molecule has 126 valence electrons. The third-order valence-corrected chi connectivity index (χ3v) is 3.80. The SMILES string of the molecule is CC(O)C(=O)c1ccc(Cc2ccc(C(=O)C(C)(C)O)cc2)cc1. The first kappa shape index (κ1) is 18.0. The molecule has 0 aliphatic rings. The fourth-order valence-corrected chi connectivity index (χ4v) is 2.39. The van der Waals surface area contributed by atoms with Crippen molar-refractivity contribution in [2.75, 3.05) is 0 Å². The molecule has 2 aromatic carbocycles. The first-order chi connectivity index (χ1) is 11.2. The average Bonchev–Trinajstić information content (AvgIpc) is 2.54. The number of ketones is 2. The van der Waals surface area contributed by atoms with Crippen LogP contribution in [-0.4, -0.2) is 33.5 Å². The van der Waals surface area contributed by atoms with Gasteiger partial charge in [0.2, 0.25) is 0 Å². The van der Waals surface area contributed by atoms with Crippen molar-refractivity contribution in [1.29, 1.82) is 0 Å². The minimum Gasteiger partial charge on any atom is -0.385 e. The highest BCUT2D eigenvalue weighted by Crippen LogP contribution is 2.16. The third-order valence-electron chi connectivity index (χ3n) is 3.80. The highest BCUT2D eigenvalue weighted by Gasteiger charge is 2.24. The summed E-state index contributed by atoms with van der Waals surface area (Å²) in [5.41, 5.74) is 1.63. The van der Waals surface area contributed by atoms with Crippen molar-refractivity contribution in [3.8, 4) is 0 Å². The summed E-state index contributed by atoms with van der Waals surface area (Å²) in [5.74, 6) is -0.605. The van der Waals surface area contributed by atoms with Gasteiger partial charge >= 0.3 is 0 Å². The molecule has 0 aliphatic carbocycles. The summed E-state index contributed by atoms with van der Waals surface area (Å²) in [6, 6.07) is 14.2. The van der Waals surface area contributed by atoms with Gasteiger partial charge in [0.05, 0.1) is 0 Å². The van der Waals surface area contributed by atoms with Gasteiger partial charge in [-0.15, -0.1) is 0 Å². The van der Waals surface area contributed by atoms with Crippen molar-refractivity contribution in [1.82, 2.24) is 0 Å². The van der Waals surface area contributed by atoms with Crippen molar-refractivity contribution < 1.29 is 19.8 Å². The summed E-state index contributed by atoms with van der Waals surface area (Å²) in [7, 11) is 0. The fraction of sp³-hybridized carbons (Fsp3) is 0.300. The summed E-state index contributed by atoms with van der Waals surface area (Å²) in [6.45, 7) is 4.39. The molecule has 0 aromatic heterocycles. The van der Waals surface area contributed by atoms with Crippen LogP contribution in [-0.2, 0) is 6.42 Å². The Labute approximate surface area is 141 Å². The molecule has 4 nitrogen and oxygen atoms in total. The summed E-state index contributed by atoms with van der Waals surface area (Å²) in [5, 5.41) is 19.1. The van der Waals surface area contributed by atoms with Crippen LogP contribution >= 0.6 is 0 Å². The number of aliphatic hydroxyl groups excluding tert-OH is 1. The molecule has 0 aliphatic heterocycles. The summed E-state index contributed by atoms with van der Waals surface area (Å²) in [4.78, 5) is 23.7. The zero-order valence-electron chi connectivity index (χ0n) is 14.1. The largest absolute Gasteiger partial charge is 0.385 e. The first-order valence-corrected chi connectivity index (χ1v) is 7.86. The molecule has 0 spiro atoms. The predicted molar refractivity (Wildman–Crippen MR) is 92.3 cm³/mol. The molecule has 2 aromatic rings. The van der Waals surface area contributed by atoms with E-state index >= 15 is 0 Å². The smallest absolute Gasteiger partial charge is 0.193 e. The van der Waals surface area contributed by atoms with E-state index in [1.54, 1.807) is 24.3 Å². The first-order valence-electron chi connectivity index (χ1n) is 7.86. The van der Waals surface area contributed by atoms with Crippen molar-refractivity contribution in [3.63, 3.8) is 0 Å². The van der Waals surface area contributed by atoms with Gasteiger partial charge in [-0.2, -0.15) is 0 Å². The van der Waals surface area contributed by atoms with Crippen LogP contribution in [0.4, 0.5) is 0 Å². The Morgan fingerprint density at radius 3 is 1.71 bits per heavy atom. The van der Waals surface area contributed by atoms with E-state index < -0.39 is 11.7 Å². The quantitative estimate of drug-likeness (QED) is 0.801. The van der Waals surface area contributed by atoms with Gasteiger partial charge in [-0.05, 0) is 38.3 Å². The number of carbonyl (C=O) groups is 2. The van der Waals surface area contributed by atoms with Crippen LogP contribution in [0, 0.1) is 0 Å². The van der Waals surface area contributed by atoms with Gasteiger partial charge in [0, 0.05) is 11.1 Å². The number of benzene rings is 2. The Balaban J connectivity index is 2.09. The Bertz CT molecular complexity index is 720. The van der Waals surface area contributed by atoms with Gasteiger partial charge in [0.15, 0.2) is 11.6 Å². The van der Waals surface area contributed by atoms with E-state index in [4.69, 9.17) is 0 Å². The topological polar surface area (TPSA) is 74.6 Å². The van der Waals surface area contributed by atoms with Crippen LogP contribution in [0.3, 0.4) is 0 Å². The number of Topliss-reactive ketones (excluding diaryl/α,β-unsaturated/α-hetero) is 2. The minimum absolute atomic E-state index is 0.295. The average molecular weight is 326 g/mol. The van der Waals surface area contributed by atoms with Gasteiger partial charge < -0.3 is 10.2 Å². The lowest BCUT2D eigenvalue weighted by Crippen LogP contribution is -2.31. The molecule has 0 bridgehead atoms. The lowest BCUT2D eigenvalue weighted by molar-refractivity contribution is 0.0488. The molecule has 1 atom stereocenters. The van der Waals surface area contributed by atoms with Gasteiger partial charge in [0.1, 0.15) is 11.7 Å². The lowest BCUT2D eigenvalue weighted by atomic mass is 9.95. The molecule has 4 heteroatoms. The van der Waals surface area contributed by atoms with Crippen LogP contribution < -0.4 is 0 Å². The number of hydrogen-bond acceptors (Lipinski definition) is 4. The molecule has 2 N–H and O–H groups in total. The predicted octanol–water partition coefficient (Wildman–Crippen LogP) is 2.79. The Hall–Kier alpha value is -2.30. The Morgan fingerprint density at radius 1 is 0.917 bits per heavy atom. The van der Waals surface area contributed by atoms with Crippen molar-refractivity contribution >= 4 is 11.6 Å². The summed E-state index contributed by atoms with van der Waals surface area (Å²) in [6.07, 6.45) is -0.336. The molecule has 1 unspecified atom stereocenters. The number of aliphatic hydroxyl groups is 2. The normalized spacial score (nSPS) is 12.7. The monoisotopic (exact) mass is 326 g/mol. The second-order valence-corrected chi connectivity index (χ2v) is 6.50. The zero-order chi connectivity index (χ0) is 17.9. The Kier molecular flexibility index (Phi) is 5.32. The molecule has 0 fully saturated rings. The second kappa shape index (κ2) is 7.07. The van der Waals surface area contributed by atoms with Crippen LogP contribution in [0.2, 0.25) is 0 Å². The van der Waals surface area contributed by atoms with Crippen LogP contribution in [0.1, 0.15) is 52.6 Å². The van der Waals surface area contributed by atoms with Gasteiger partial charge in [-0.1, -0.05) is 48.5 Å². The highest BCUT2D eigenvalue weighted by molar-refractivity contribution is 6.01. The van der Waals surface area contributed by atoms with E-state index in [0.29, 0.717) is 17.5 Å². The van der Waals surface area contributed by atoms with Crippen LogP contribution in [0.15, 0.2) is 48.5 Å². The van der Waals surface area contributed by atoms with E-state index in [1.807, 2.05) is 24.3 Å². The Morgan fingerprint density at radius 2 is 1.33 bits per heavy atom. The van der Waals surface area contributed by atoms with E-state index in [2.05, 4.69) is 0 Å². The van der Waals surface area contributed by atoms with Crippen LogP contribution in [0.25, 0.3) is 0 Å². The number of hydrogen-bond donors (Lipinski definition) is 2. The second-order valence-electron chi connectivity index (χ2n) is 6.50. The van der Waals surface area contributed by atoms with E-state index in [1.165, 1.54) is 20.8 Å². The number of rotatable bonds is 6. The van der Waals surface area contributed by atoms with Gasteiger partial charge in [-0.25, -0.2) is 0 Å². The maximum absolute atomic E-state index is 12.0. The molecule has 24 heavy (non-hydrogen) atoms. The molecule has 0 heterocycles. The van der Waals surface area contributed by atoms with Gasteiger partial charge in [0.25, 0.3) is 0 Å². The summed E-state index contributed by atoms with van der Waals surface area (Å²) >= 11 is 0. The number of carbonyl (C=O) groups excluding carboxylic acids is 2. The highest BCUT2D eigenvalue weighted by atomic mass is 16.3. The summed E-state index contributed by atoms with van der Waals surface area (Å²) < 4.78 is 0. The maximum Gasteiger partial charge on any atom is 0.193 e. The third kappa shape index (κ3) is 4.37. The molecular formula is C20H22O4. The lowest BCUT2D eigenvalue weighted by Gasteiger charge is -2.15. The van der Waals surface area contributed by atoms with Crippen molar-refractivity contribution in [3.05, 3.63) is 70.8 Å².